The van der Waals surface area contributed by atoms with Gasteiger partial charge in [0.1, 0.15) is 0 Å². The highest BCUT2D eigenvalue weighted by molar-refractivity contribution is 6.31. The summed E-state index contributed by atoms with van der Waals surface area (Å²) in [5.74, 6) is 0. The molecule has 0 unspecified atom stereocenters. The number of benzene rings is 1. The molecule has 5 heteroatoms. The second kappa shape index (κ2) is 4.41. The minimum atomic E-state index is -4.38. The van der Waals surface area contributed by atoms with Crippen LogP contribution >= 0.6 is 11.6 Å². The smallest absolute Gasteiger partial charge is 0.416 e. The maximum absolute atomic E-state index is 12.3. The second-order valence-electron chi connectivity index (χ2n) is 3.19. The van der Waals surface area contributed by atoms with E-state index in [0.29, 0.717) is 12.0 Å². The summed E-state index contributed by atoms with van der Waals surface area (Å²) in [5, 5.41) is 0.00618. The lowest BCUT2D eigenvalue weighted by Gasteiger charge is -2.20. The summed E-state index contributed by atoms with van der Waals surface area (Å²) in [6.07, 6.45) is -3.86. The van der Waals surface area contributed by atoms with E-state index in [0.717, 1.165) is 12.1 Å². The summed E-state index contributed by atoms with van der Waals surface area (Å²) < 4.78 is 36.8. The highest BCUT2D eigenvalue weighted by Crippen LogP contribution is 2.34. The van der Waals surface area contributed by atoms with Crippen LogP contribution in [0.3, 0.4) is 0 Å². The van der Waals surface area contributed by atoms with Crippen LogP contribution < -0.4 is 0 Å². The Morgan fingerprint density at radius 1 is 1.40 bits per heavy atom. The molecule has 0 aliphatic heterocycles. The lowest BCUT2D eigenvalue weighted by molar-refractivity contribution is -0.137. The first kappa shape index (κ1) is 12.3. The molecule has 1 aromatic carbocycles. The normalized spacial score (nSPS) is 14.0. The average Bonchev–Trinajstić information content (AvgIpc) is 2.15. The van der Waals surface area contributed by atoms with Gasteiger partial charge in [-0.25, -0.2) is 0 Å². The molecule has 1 aromatic rings. The van der Waals surface area contributed by atoms with Crippen LogP contribution in [0.1, 0.15) is 30.5 Å². The highest BCUT2D eigenvalue weighted by Gasteiger charge is 2.30. The van der Waals surface area contributed by atoms with Gasteiger partial charge in [0, 0.05) is 5.02 Å². The van der Waals surface area contributed by atoms with E-state index in [1.807, 2.05) is 0 Å². The van der Waals surface area contributed by atoms with Gasteiger partial charge in [0.05, 0.1) is 5.56 Å². The predicted molar refractivity (Wildman–Crippen MR) is 53.8 cm³/mol. The van der Waals surface area contributed by atoms with Gasteiger partial charge in [-0.15, -0.1) is 6.04 Å². The zero-order valence-corrected chi connectivity index (χ0v) is 8.78. The van der Waals surface area contributed by atoms with Crippen LogP contribution in [0.4, 0.5) is 13.2 Å². The van der Waals surface area contributed by atoms with Crippen molar-refractivity contribution in [2.75, 3.05) is 0 Å². The van der Waals surface area contributed by atoms with Gasteiger partial charge in [0.25, 0.3) is 0 Å². The van der Waals surface area contributed by atoms with Gasteiger partial charge >= 0.3 is 6.18 Å². The fraction of sp³-hybridized carbons (Fsp3) is 0.400. The van der Waals surface area contributed by atoms with Crippen molar-refractivity contribution >= 4 is 11.6 Å². The second-order valence-corrected chi connectivity index (χ2v) is 3.60. The Morgan fingerprint density at radius 2 is 2.00 bits per heavy atom. The molecule has 0 bridgehead atoms. The predicted octanol–water partition coefficient (Wildman–Crippen LogP) is 4.86. The van der Waals surface area contributed by atoms with E-state index in [1.54, 1.807) is 6.92 Å². The van der Waals surface area contributed by atoms with Crippen LogP contribution in [0.25, 0.3) is 5.73 Å². The van der Waals surface area contributed by atoms with E-state index in [9.17, 15) is 13.2 Å². The van der Waals surface area contributed by atoms with E-state index in [-0.39, 0.29) is 5.02 Å². The Bertz CT molecular complexity index is 349. The Balaban J connectivity index is 3.09. The van der Waals surface area contributed by atoms with E-state index >= 15 is 0 Å². The molecule has 0 aliphatic rings. The third-order valence-corrected chi connectivity index (χ3v) is 2.44. The molecule has 0 fully saturated rings. The SMILES string of the molecule is CC[C@@H]([NH-])c1ccc(C(F)(F)F)cc1Cl. The van der Waals surface area contributed by atoms with Gasteiger partial charge in [0.15, 0.2) is 0 Å². The minimum Gasteiger partial charge on any atom is -0.671 e. The topological polar surface area (TPSA) is 23.8 Å². The van der Waals surface area contributed by atoms with Crippen LogP contribution in [0, 0.1) is 0 Å². The van der Waals surface area contributed by atoms with Gasteiger partial charge < -0.3 is 5.73 Å². The molecule has 0 radical (unpaired) electrons. The van der Waals surface area contributed by atoms with Crippen molar-refractivity contribution < 1.29 is 13.2 Å². The summed E-state index contributed by atoms with van der Waals surface area (Å²) in [4.78, 5) is 0. The number of halogens is 4. The molecular weight excluding hydrogens is 227 g/mol. The summed E-state index contributed by atoms with van der Waals surface area (Å²) in [6.45, 7) is 1.78. The van der Waals surface area contributed by atoms with Crippen LogP contribution in [0.15, 0.2) is 18.2 Å². The minimum absolute atomic E-state index is 0.00618. The van der Waals surface area contributed by atoms with E-state index in [4.69, 9.17) is 17.3 Å². The Morgan fingerprint density at radius 3 is 2.40 bits per heavy atom. The largest absolute Gasteiger partial charge is 0.671 e. The molecule has 1 atom stereocenters. The average molecular weight is 237 g/mol. The van der Waals surface area contributed by atoms with Crippen LogP contribution in [-0.2, 0) is 6.18 Å². The number of hydrogen-bond acceptors (Lipinski definition) is 0. The number of hydrogen-bond donors (Lipinski definition) is 0. The molecule has 0 amide bonds. The van der Waals surface area contributed by atoms with Crippen molar-refractivity contribution in [1.82, 2.24) is 0 Å². The molecule has 1 nitrogen and oxygen atoms in total. The van der Waals surface area contributed by atoms with Crippen LogP contribution in [0.5, 0.6) is 0 Å². The van der Waals surface area contributed by atoms with E-state index in [2.05, 4.69) is 0 Å². The highest BCUT2D eigenvalue weighted by atomic mass is 35.5. The van der Waals surface area contributed by atoms with Crippen molar-refractivity contribution in [1.29, 1.82) is 0 Å². The van der Waals surface area contributed by atoms with Crippen molar-refractivity contribution in [2.45, 2.75) is 25.6 Å². The van der Waals surface area contributed by atoms with Crippen molar-refractivity contribution in [2.24, 2.45) is 0 Å². The van der Waals surface area contributed by atoms with E-state index < -0.39 is 17.8 Å². The third kappa shape index (κ3) is 2.86. The number of rotatable bonds is 2. The first-order valence-corrected chi connectivity index (χ1v) is 4.81. The fourth-order valence-electron chi connectivity index (χ4n) is 1.21. The first-order valence-electron chi connectivity index (χ1n) is 4.44. The lowest BCUT2D eigenvalue weighted by Crippen LogP contribution is -2.05. The van der Waals surface area contributed by atoms with Crippen molar-refractivity contribution in [3.05, 3.63) is 40.1 Å². The first-order chi connectivity index (χ1) is 6.86. The van der Waals surface area contributed by atoms with Gasteiger partial charge in [-0.05, 0) is 17.7 Å². The Hall–Kier alpha value is -0.740. The molecule has 0 saturated carbocycles. The van der Waals surface area contributed by atoms with Crippen molar-refractivity contribution in [3.8, 4) is 0 Å². The molecule has 1 rings (SSSR count). The molecule has 15 heavy (non-hydrogen) atoms. The van der Waals surface area contributed by atoms with Gasteiger partial charge in [-0.1, -0.05) is 31.0 Å². The summed E-state index contributed by atoms with van der Waals surface area (Å²) in [5.41, 5.74) is 7.22. The molecule has 84 valence electrons. The lowest BCUT2D eigenvalue weighted by atomic mass is 10.0. The number of alkyl halides is 3. The molecule has 0 saturated heterocycles. The summed E-state index contributed by atoms with van der Waals surface area (Å²) >= 11 is 5.69. The standard InChI is InChI=1S/C10H10ClF3N/c1-2-9(15)7-4-3-6(5-8(7)11)10(12,13)14/h3-5,9,15H,2H2,1H3/q-1/t9-/m1/s1. The van der Waals surface area contributed by atoms with Gasteiger partial charge in [-0.2, -0.15) is 13.2 Å². The molecule has 1 N–H and O–H groups in total. The molecule has 0 aliphatic carbocycles. The van der Waals surface area contributed by atoms with Crippen LogP contribution in [-0.4, -0.2) is 0 Å². The maximum Gasteiger partial charge on any atom is 0.416 e. The van der Waals surface area contributed by atoms with Crippen LogP contribution in [0.2, 0.25) is 5.02 Å². The summed E-state index contributed by atoms with van der Waals surface area (Å²) in [7, 11) is 0. The monoisotopic (exact) mass is 236 g/mol. The molecular formula is C10H10ClF3N-. The zero-order valence-electron chi connectivity index (χ0n) is 8.03. The van der Waals surface area contributed by atoms with E-state index in [1.165, 1.54) is 6.07 Å². The Kier molecular flexibility index (Phi) is 3.62. The molecule has 0 aromatic heterocycles. The molecule has 0 spiro atoms. The fourth-order valence-corrected chi connectivity index (χ4v) is 1.52. The van der Waals surface area contributed by atoms with Gasteiger partial charge in [0.2, 0.25) is 0 Å². The zero-order chi connectivity index (χ0) is 11.6. The summed E-state index contributed by atoms with van der Waals surface area (Å²) in [6, 6.07) is 2.53. The third-order valence-electron chi connectivity index (χ3n) is 2.11. The molecule has 0 heterocycles. The Labute approximate surface area is 91.0 Å². The quantitative estimate of drug-likeness (QED) is 0.700. The number of nitrogens with one attached hydrogen (secondary N) is 1. The maximum atomic E-state index is 12.3. The van der Waals surface area contributed by atoms with Crippen molar-refractivity contribution in [3.63, 3.8) is 0 Å². The van der Waals surface area contributed by atoms with Gasteiger partial charge in [-0.3, -0.25) is 0 Å².